The molecule has 1 N–H and O–H groups in total. The van der Waals surface area contributed by atoms with Crippen molar-refractivity contribution < 1.29 is 5.11 Å². The maximum atomic E-state index is 10.6. The molecule has 0 bridgehead atoms. The van der Waals surface area contributed by atoms with Gasteiger partial charge in [-0.1, -0.05) is 35.7 Å². The summed E-state index contributed by atoms with van der Waals surface area (Å²) in [7, 11) is 4.10. The van der Waals surface area contributed by atoms with Crippen LogP contribution >= 0.6 is 23.2 Å². The van der Waals surface area contributed by atoms with Crippen LogP contribution in [0.2, 0.25) is 10.0 Å². The lowest BCUT2D eigenvalue weighted by atomic mass is 9.75. The van der Waals surface area contributed by atoms with E-state index in [1.165, 1.54) is 0 Å². The Morgan fingerprint density at radius 2 is 1.95 bits per heavy atom. The van der Waals surface area contributed by atoms with Crippen LogP contribution in [0.25, 0.3) is 0 Å². The number of nitrogens with zero attached hydrogens (tertiary/aromatic N) is 1. The molecule has 0 aromatic heterocycles. The van der Waals surface area contributed by atoms with Gasteiger partial charge in [-0.25, -0.2) is 0 Å². The zero-order valence-electron chi connectivity index (χ0n) is 11.4. The smallest absolute Gasteiger partial charge is 0.0649 e. The first-order valence-corrected chi connectivity index (χ1v) is 7.52. The second kappa shape index (κ2) is 6.45. The first kappa shape index (κ1) is 15.1. The van der Waals surface area contributed by atoms with E-state index in [0.29, 0.717) is 16.0 Å². The highest BCUT2D eigenvalue weighted by Gasteiger charge is 2.33. The quantitative estimate of drug-likeness (QED) is 0.918. The molecule has 0 amide bonds. The van der Waals surface area contributed by atoms with Crippen molar-refractivity contribution in [1.29, 1.82) is 0 Å². The Morgan fingerprint density at radius 3 is 2.58 bits per heavy atom. The highest BCUT2D eigenvalue weighted by atomic mass is 35.5. The Hall–Kier alpha value is -0.280. The van der Waals surface area contributed by atoms with E-state index in [2.05, 4.69) is 19.0 Å². The van der Waals surface area contributed by atoms with Gasteiger partial charge in [0.25, 0.3) is 0 Å². The normalized spacial score (nSPS) is 27.8. The summed E-state index contributed by atoms with van der Waals surface area (Å²) in [5.74, 6) is 0.511. The Bertz CT molecular complexity index is 436. The third kappa shape index (κ3) is 3.63. The molecule has 106 valence electrons. The van der Waals surface area contributed by atoms with Crippen molar-refractivity contribution >= 4 is 23.2 Å². The standard InChI is InChI=1S/C15H21Cl2NO/c1-18(2)9-11-4-3-5-12(15(11)19)10-6-7-13(16)14(17)8-10/h6-8,11-12,15,19H,3-5,9H2,1-2H3/t11-,12?,15+/m1/s1. The van der Waals surface area contributed by atoms with E-state index in [4.69, 9.17) is 23.2 Å². The number of aliphatic hydroxyl groups excluding tert-OH is 1. The summed E-state index contributed by atoms with van der Waals surface area (Å²) < 4.78 is 0. The molecule has 2 nitrogen and oxygen atoms in total. The number of aliphatic hydroxyl groups is 1. The summed E-state index contributed by atoms with van der Waals surface area (Å²) in [5, 5.41) is 11.7. The van der Waals surface area contributed by atoms with E-state index in [9.17, 15) is 5.11 Å². The van der Waals surface area contributed by atoms with Gasteiger partial charge in [0.05, 0.1) is 16.1 Å². The van der Waals surface area contributed by atoms with Gasteiger partial charge in [0.2, 0.25) is 0 Å². The molecule has 0 saturated heterocycles. The van der Waals surface area contributed by atoms with Crippen LogP contribution in [0.4, 0.5) is 0 Å². The predicted molar refractivity (Wildman–Crippen MR) is 81.1 cm³/mol. The predicted octanol–water partition coefficient (Wildman–Crippen LogP) is 3.80. The lowest BCUT2D eigenvalue weighted by Crippen LogP contribution is -2.37. The van der Waals surface area contributed by atoms with Crippen molar-refractivity contribution in [3.63, 3.8) is 0 Å². The minimum Gasteiger partial charge on any atom is -0.392 e. The van der Waals surface area contributed by atoms with Gasteiger partial charge >= 0.3 is 0 Å². The Kier molecular flexibility index (Phi) is 5.13. The van der Waals surface area contributed by atoms with Crippen molar-refractivity contribution in [2.45, 2.75) is 31.3 Å². The summed E-state index contributed by atoms with van der Waals surface area (Å²) in [6, 6.07) is 5.71. The minimum atomic E-state index is -0.298. The number of hydrogen-bond acceptors (Lipinski definition) is 2. The highest BCUT2D eigenvalue weighted by Crippen LogP contribution is 2.38. The second-order valence-electron chi connectivity index (χ2n) is 5.72. The molecule has 0 aliphatic heterocycles. The highest BCUT2D eigenvalue weighted by molar-refractivity contribution is 6.42. The molecule has 0 radical (unpaired) electrons. The zero-order chi connectivity index (χ0) is 14.0. The monoisotopic (exact) mass is 301 g/mol. The zero-order valence-corrected chi connectivity index (χ0v) is 13.0. The average molecular weight is 302 g/mol. The SMILES string of the molecule is CN(C)C[C@H]1CCCC(c2ccc(Cl)c(Cl)c2)[C@H]1O. The molecular formula is C15H21Cl2NO. The largest absolute Gasteiger partial charge is 0.392 e. The van der Waals surface area contributed by atoms with Gasteiger partial charge in [0.15, 0.2) is 0 Å². The van der Waals surface area contributed by atoms with E-state index < -0.39 is 0 Å². The second-order valence-corrected chi connectivity index (χ2v) is 6.54. The Balaban J connectivity index is 2.16. The molecular weight excluding hydrogens is 281 g/mol. The summed E-state index contributed by atoms with van der Waals surface area (Å²) in [4.78, 5) is 2.14. The van der Waals surface area contributed by atoms with Crippen molar-refractivity contribution in [1.82, 2.24) is 4.90 Å². The molecule has 4 heteroatoms. The van der Waals surface area contributed by atoms with Crippen LogP contribution in [0, 0.1) is 5.92 Å². The lowest BCUT2D eigenvalue weighted by molar-refractivity contribution is 0.0364. The molecule has 1 saturated carbocycles. The van der Waals surface area contributed by atoms with E-state index in [1.807, 2.05) is 18.2 Å². The Labute approximate surface area is 125 Å². The summed E-state index contributed by atoms with van der Waals surface area (Å²) in [6.07, 6.45) is 2.97. The number of hydrogen-bond donors (Lipinski definition) is 1. The molecule has 0 spiro atoms. The van der Waals surface area contributed by atoms with Gasteiger partial charge < -0.3 is 10.0 Å². The third-order valence-corrected chi connectivity index (χ3v) is 4.70. The van der Waals surface area contributed by atoms with Crippen LogP contribution in [-0.4, -0.2) is 36.8 Å². The fourth-order valence-corrected chi connectivity index (χ4v) is 3.35. The molecule has 1 aromatic carbocycles. The summed E-state index contributed by atoms with van der Waals surface area (Å²) in [6.45, 7) is 0.930. The van der Waals surface area contributed by atoms with Gasteiger partial charge in [-0.15, -0.1) is 0 Å². The minimum absolute atomic E-state index is 0.175. The van der Waals surface area contributed by atoms with E-state index in [0.717, 1.165) is 31.4 Å². The van der Waals surface area contributed by atoms with Gasteiger partial charge in [-0.05, 0) is 50.6 Å². The van der Waals surface area contributed by atoms with Gasteiger partial charge in [-0.3, -0.25) is 0 Å². The van der Waals surface area contributed by atoms with Crippen molar-refractivity contribution in [3.8, 4) is 0 Å². The maximum Gasteiger partial charge on any atom is 0.0649 e. The molecule has 1 unspecified atom stereocenters. The van der Waals surface area contributed by atoms with Crippen LogP contribution in [0.15, 0.2) is 18.2 Å². The summed E-state index contributed by atoms with van der Waals surface area (Å²) >= 11 is 12.0. The van der Waals surface area contributed by atoms with Crippen LogP contribution in [0.3, 0.4) is 0 Å². The molecule has 1 aliphatic carbocycles. The van der Waals surface area contributed by atoms with E-state index in [-0.39, 0.29) is 12.0 Å². The van der Waals surface area contributed by atoms with E-state index in [1.54, 1.807) is 0 Å². The molecule has 2 rings (SSSR count). The average Bonchev–Trinajstić information content (AvgIpc) is 2.35. The molecule has 1 fully saturated rings. The number of benzene rings is 1. The van der Waals surface area contributed by atoms with Crippen molar-refractivity contribution in [2.75, 3.05) is 20.6 Å². The van der Waals surface area contributed by atoms with Crippen molar-refractivity contribution in [2.24, 2.45) is 5.92 Å². The maximum absolute atomic E-state index is 10.6. The molecule has 19 heavy (non-hydrogen) atoms. The number of rotatable bonds is 3. The first-order valence-electron chi connectivity index (χ1n) is 6.76. The molecule has 0 heterocycles. The van der Waals surface area contributed by atoms with Crippen LogP contribution < -0.4 is 0 Å². The van der Waals surface area contributed by atoms with Crippen molar-refractivity contribution in [3.05, 3.63) is 33.8 Å². The van der Waals surface area contributed by atoms with E-state index >= 15 is 0 Å². The van der Waals surface area contributed by atoms with Gasteiger partial charge in [0, 0.05) is 12.5 Å². The van der Waals surface area contributed by atoms with Crippen LogP contribution in [0.5, 0.6) is 0 Å². The fourth-order valence-electron chi connectivity index (χ4n) is 3.05. The topological polar surface area (TPSA) is 23.5 Å². The first-order chi connectivity index (χ1) is 8.99. The third-order valence-electron chi connectivity index (χ3n) is 3.96. The van der Waals surface area contributed by atoms with Gasteiger partial charge in [-0.2, -0.15) is 0 Å². The van der Waals surface area contributed by atoms with Gasteiger partial charge in [0.1, 0.15) is 0 Å². The Morgan fingerprint density at radius 1 is 1.21 bits per heavy atom. The molecule has 1 aromatic rings. The summed E-state index contributed by atoms with van der Waals surface area (Å²) in [5.41, 5.74) is 1.10. The van der Waals surface area contributed by atoms with Crippen LogP contribution in [-0.2, 0) is 0 Å². The van der Waals surface area contributed by atoms with Crippen LogP contribution in [0.1, 0.15) is 30.7 Å². The molecule has 3 atom stereocenters. The molecule has 1 aliphatic rings. The lowest BCUT2D eigenvalue weighted by Gasteiger charge is -2.36. The fraction of sp³-hybridized carbons (Fsp3) is 0.600. The number of halogens is 2.